The molecule has 1 saturated heterocycles. The molecule has 2 aliphatic rings. The number of benzene rings is 2. The van der Waals surface area contributed by atoms with Gasteiger partial charge in [-0.15, -0.1) is 0 Å². The third-order valence-corrected chi connectivity index (χ3v) is 9.67. The molecule has 1 fully saturated rings. The van der Waals surface area contributed by atoms with E-state index in [1.807, 2.05) is 43.9 Å². The standard InChI is InChI=1S/C32H43N3O6S/c1-24-29-12-11-26(22-35(23-30(36)40-5)42(38,39)28-9-7-6-8-10-28)21-27(29)16-20-33(24)17-13-25-14-18-34(19-15-25)31(37)41-32(2,3)4/h6-12,21,25H,1,13-20,22-23H2,2-5H3. The van der Waals surface area contributed by atoms with Gasteiger partial charge in [0.05, 0.1) is 12.0 Å². The van der Waals surface area contributed by atoms with E-state index < -0.39 is 21.6 Å². The van der Waals surface area contributed by atoms with Gasteiger partial charge >= 0.3 is 12.1 Å². The second-order valence-electron chi connectivity index (χ2n) is 12.0. The van der Waals surface area contributed by atoms with Gasteiger partial charge in [0.2, 0.25) is 10.0 Å². The number of likely N-dealkylation sites (tertiary alicyclic amines) is 1. The minimum absolute atomic E-state index is 0.0534. The summed E-state index contributed by atoms with van der Waals surface area (Å²) in [6, 6.07) is 14.0. The van der Waals surface area contributed by atoms with Crippen molar-refractivity contribution in [3.8, 4) is 0 Å². The quantitative estimate of drug-likeness (QED) is 0.379. The van der Waals surface area contributed by atoms with Crippen molar-refractivity contribution in [2.45, 2.75) is 63.5 Å². The molecule has 2 aromatic carbocycles. The van der Waals surface area contributed by atoms with E-state index in [1.165, 1.54) is 19.2 Å². The number of amides is 1. The fourth-order valence-corrected chi connectivity index (χ4v) is 6.88. The van der Waals surface area contributed by atoms with Crippen LogP contribution in [0.3, 0.4) is 0 Å². The molecule has 0 unspecified atom stereocenters. The van der Waals surface area contributed by atoms with Gasteiger partial charge < -0.3 is 19.3 Å². The van der Waals surface area contributed by atoms with Crippen LogP contribution in [-0.2, 0) is 37.3 Å². The number of carbonyl (C=O) groups excluding carboxylic acids is 2. The fraction of sp³-hybridized carbons (Fsp3) is 0.500. The van der Waals surface area contributed by atoms with Crippen molar-refractivity contribution in [3.63, 3.8) is 0 Å². The van der Waals surface area contributed by atoms with Crippen LogP contribution >= 0.6 is 0 Å². The van der Waals surface area contributed by atoms with Gasteiger partial charge in [0.1, 0.15) is 12.1 Å². The molecule has 9 nitrogen and oxygen atoms in total. The van der Waals surface area contributed by atoms with E-state index in [9.17, 15) is 18.0 Å². The van der Waals surface area contributed by atoms with Crippen LogP contribution in [0.25, 0.3) is 5.70 Å². The number of carbonyl (C=O) groups is 2. The van der Waals surface area contributed by atoms with Crippen molar-refractivity contribution in [1.82, 2.24) is 14.1 Å². The number of rotatable bonds is 9. The summed E-state index contributed by atoms with van der Waals surface area (Å²) in [5, 5.41) is 0. The maximum absolute atomic E-state index is 13.4. The zero-order valence-corrected chi connectivity index (χ0v) is 26.0. The van der Waals surface area contributed by atoms with E-state index >= 15 is 0 Å². The number of esters is 1. The molecule has 0 atom stereocenters. The third-order valence-electron chi connectivity index (χ3n) is 7.86. The fourth-order valence-electron chi connectivity index (χ4n) is 5.49. The lowest BCUT2D eigenvalue weighted by atomic mass is 9.91. The normalized spacial score (nSPS) is 16.4. The van der Waals surface area contributed by atoms with Crippen LogP contribution in [-0.4, -0.2) is 80.0 Å². The molecule has 228 valence electrons. The van der Waals surface area contributed by atoms with Crippen LogP contribution in [0.1, 0.15) is 56.7 Å². The van der Waals surface area contributed by atoms with Gasteiger partial charge in [-0.05, 0) is 75.6 Å². The summed E-state index contributed by atoms with van der Waals surface area (Å²) in [7, 11) is -2.65. The van der Waals surface area contributed by atoms with Crippen LogP contribution < -0.4 is 0 Å². The maximum Gasteiger partial charge on any atom is 0.410 e. The number of methoxy groups -OCH3 is 1. The van der Waals surface area contributed by atoms with E-state index in [1.54, 1.807) is 18.2 Å². The zero-order valence-electron chi connectivity index (χ0n) is 25.2. The Labute approximate surface area is 250 Å². The van der Waals surface area contributed by atoms with Crippen molar-refractivity contribution in [1.29, 1.82) is 0 Å². The lowest BCUT2D eigenvalue weighted by Gasteiger charge is -2.36. The van der Waals surface area contributed by atoms with Crippen molar-refractivity contribution < 1.29 is 27.5 Å². The molecule has 2 aromatic rings. The third kappa shape index (κ3) is 7.92. The molecule has 0 saturated carbocycles. The zero-order chi connectivity index (χ0) is 30.5. The largest absolute Gasteiger partial charge is 0.468 e. The maximum atomic E-state index is 13.4. The second-order valence-corrected chi connectivity index (χ2v) is 14.0. The van der Waals surface area contributed by atoms with Crippen LogP contribution in [0, 0.1) is 5.92 Å². The van der Waals surface area contributed by atoms with Crippen molar-refractivity contribution >= 4 is 27.8 Å². The number of hydrogen-bond donors (Lipinski definition) is 0. The van der Waals surface area contributed by atoms with Gasteiger partial charge in [-0.3, -0.25) is 4.79 Å². The highest BCUT2D eigenvalue weighted by Crippen LogP contribution is 2.31. The Balaban J connectivity index is 1.36. The summed E-state index contributed by atoms with van der Waals surface area (Å²) in [6.45, 7) is 12.9. The lowest BCUT2D eigenvalue weighted by Crippen LogP contribution is -2.42. The van der Waals surface area contributed by atoms with Crippen LogP contribution in [0.5, 0.6) is 0 Å². The molecule has 4 rings (SSSR count). The number of hydrogen-bond acceptors (Lipinski definition) is 7. The Bertz CT molecular complexity index is 1380. The molecule has 0 aromatic heterocycles. The van der Waals surface area contributed by atoms with Crippen LogP contribution in [0.2, 0.25) is 0 Å². The Hall–Kier alpha value is -3.37. The van der Waals surface area contributed by atoms with E-state index in [-0.39, 0.29) is 24.1 Å². The number of ether oxygens (including phenoxy) is 2. The number of piperidine rings is 1. The summed E-state index contributed by atoms with van der Waals surface area (Å²) in [4.78, 5) is 28.7. The highest BCUT2D eigenvalue weighted by Gasteiger charge is 2.29. The first kappa shape index (κ1) is 31.6. The topological polar surface area (TPSA) is 96.5 Å². The summed E-state index contributed by atoms with van der Waals surface area (Å²) >= 11 is 0. The summed E-state index contributed by atoms with van der Waals surface area (Å²) in [6.07, 6.45) is 3.56. The minimum Gasteiger partial charge on any atom is -0.468 e. The number of nitrogens with zero attached hydrogens (tertiary/aromatic N) is 3. The first-order valence-electron chi connectivity index (χ1n) is 14.5. The first-order chi connectivity index (χ1) is 19.9. The van der Waals surface area contributed by atoms with Crippen molar-refractivity contribution in [2.24, 2.45) is 5.92 Å². The van der Waals surface area contributed by atoms with Crippen molar-refractivity contribution in [2.75, 3.05) is 39.8 Å². The van der Waals surface area contributed by atoms with Gasteiger partial charge in [-0.1, -0.05) is 43.0 Å². The predicted molar refractivity (Wildman–Crippen MR) is 162 cm³/mol. The molecule has 0 aliphatic carbocycles. The monoisotopic (exact) mass is 597 g/mol. The van der Waals surface area contributed by atoms with E-state index in [2.05, 4.69) is 11.5 Å². The lowest BCUT2D eigenvalue weighted by molar-refractivity contribution is -0.140. The summed E-state index contributed by atoms with van der Waals surface area (Å²) < 4.78 is 38.2. The highest BCUT2D eigenvalue weighted by atomic mass is 32.2. The van der Waals surface area contributed by atoms with Gasteiger partial charge in [0, 0.05) is 44.0 Å². The predicted octanol–water partition coefficient (Wildman–Crippen LogP) is 4.92. The summed E-state index contributed by atoms with van der Waals surface area (Å²) in [5.74, 6) is -0.0698. The molecule has 0 spiro atoms. The van der Waals surface area contributed by atoms with Gasteiger partial charge in [0.15, 0.2) is 0 Å². The SMILES string of the molecule is C=C1c2ccc(CN(CC(=O)OC)S(=O)(=O)c3ccccc3)cc2CCN1CCC1CCN(C(=O)OC(C)(C)C)CC1. The molecule has 2 aliphatic heterocycles. The van der Waals surface area contributed by atoms with E-state index in [0.29, 0.717) is 5.92 Å². The van der Waals surface area contributed by atoms with Gasteiger partial charge in [-0.2, -0.15) is 4.31 Å². The van der Waals surface area contributed by atoms with E-state index in [0.717, 1.165) is 78.6 Å². The number of sulfonamides is 1. The Kier molecular flexibility index (Phi) is 9.99. The molecule has 1 amide bonds. The Morgan fingerprint density at radius 2 is 1.74 bits per heavy atom. The minimum atomic E-state index is -3.90. The van der Waals surface area contributed by atoms with Crippen LogP contribution in [0.15, 0.2) is 60.0 Å². The molecule has 0 radical (unpaired) electrons. The van der Waals surface area contributed by atoms with E-state index in [4.69, 9.17) is 9.47 Å². The van der Waals surface area contributed by atoms with Crippen molar-refractivity contribution in [3.05, 3.63) is 71.8 Å². The van der Waals surface area contributed by atoms with Crippen LogP contribution in [0.4, 0.5) is 4.79 Å². The Morgan fingerprint density at radius 1 is 1.05 bits per heavy atom. The molecule has 42 heavy (non-hydrogen) atoms. The molecule has 0 bridgehead atoms. The smallest absolute Gasteiger partial charge is 0.410 e. The molecular weight excluding hydrogens is 554 g/mol. The molecule has 0 N–H and O–H groups in total. The average molecular weight is 598 g/mol. The molecule has 2 heterocycles. The first-order valence-corrected chi connectivity index (χ1v) is 16.0. The molecular formula is C32H43N3O6S. The van der Waals surface area contributed by atoms with Gasteiger partial charge in [0.25, 0.3) is 0 Å². The summed E-state index contributed by atoms with van der Waals surface area (Å²) in [5.41, 5.74) is 3.47. The average Bonchev–Trinajstić information content (AvgIpc) is 2.96. The Morgan fingerprint density at radius 3 is 2.38 bits per heavy atom. The number of fused-ring (bicyclic) bond motifs is 1. The van der Waals surface area contributed by atoms with Gasteiger partial charge in [-0.25, -0.2) is 13.2 Å². The second kappa shape index (κ2) is 13.3. The molecule has 10 heteroatoms. The highest BCUT2D eigenvalue weighted by molar-refractivity contribution is 7.89.